The highest BCUT2D eigenvalue weighted by atomic mass is 79.9. The molecule has 0 amide bonds. The molecule has 2 nitrogen and oxygen atoms in total. The molecule has 2 aliphatic rings. The van der Waals surface area contributed by atoms with E-state index in [1.165, 1.54) is 18.9 Å². The van der Waals surface area contributed by atoms with Crippen LogP contribution in [0.2, 0.25) is 0 Å². The van der Waals surface area contributed by atoms with Crippen molar-refractivity contribution >= 4 is 15.9 Å². The highest BCUT2D eigenvalue weighted by molar-refractivity contribution is 9.10. The number of nitrogens with one attached hydrogen (secondary N) is 1. The molecule has 86 valence electrons. The minimum absolute atomic E-state index is 0.210. The number of ether oxygens (including phenoxy) is 1. The summed E-state index contributed by atoms with van der Waals surface area (Å²) in [5, 5.41) is 3.54. The van der Waals surface area contributed by atoms with Crippen LogP contribution in [0.15, 0.2) is 16.6 Å². The van der Waals surface area contributed by atoms with Gasteiger partial charge in [0.1, 0.15) is 11.6 Å². The zero-order chi connectivity index (χ0) is 11.1. The van der Waals surface area contributed by atoms with E-state index in [1.807, 2.05) is 0 Å². The molecule has 3 rings (SSSR count). The first kappa shape index (κ1) is 10.5. The van der Waals surface area contributed by atoms with Crippen molar-refractivity contribution in [2.45, 2.75) is 31.3 Å². The van der Waals surface area contributed by atoms with E-state index < -0.39 is 0 Å². The average molecular weight is 286 g/mol. The van der Waals surface area contributed by atoms with Crippen molar-refractivity contribution in [3.63, 3.8) is 0 Å². The van der Waals surface area contributed by atoms with E-state index in [0.29, 0.717) is 17.1 Å². The molecule has 4 heteroatoms. The smallest absolute Gasteiger partial charge is 0.138 e. The van der Waals surface area contributed by atoms with Gasteiger partial charge in [-0.1, -0.05) is 0 Å². The van der Waals surface area contributed by atoms with E-state index in [0.717, 1.165) is 17.7 Å². The molecule has 1 fully saturated rings. The van der Waals surface area contributed by atoms with E-state index in [2.05, 4.69) is 21.2 Å². The minimum Gasteiger partial charge on any atom is -0.492 e. The maximum Gasteiger partial charge on any atom is 0.138 e. The van der Waals surface area contributed by atoms with Gasteiger partial charge in [0.25, 0.3) is 0 Å². The summed E-state index contributed by atoms with van der Waals surface area (Å²) < 4.78 is 19.7. The van der Waals surface area contributed by atoms with E-state index in [4.69, 9.17) is 4.74 Å². The highest BCUT2D eigenvalue weighted by Gasteiger charge is 2.30. The molecule has 0 bridgehead atoms. The van der Waals surface area contributed by atoms with Crippen LogP contribution in [0.3, 0.4) is 0 Å². The number of hydrogen-bond donors (Lipinski definition) is 1. The second-order valence-corrected chi connectivity index (χ2v) is 5.29. The summed E-state index contributed by atoms with van der Waals surface area (Å²) in [6.07, 6.45) is 3.39. The summed E-state index contributed by atoms with van der Waals surface area (Å²) in [4.78, 5) is 0. The minimum atomic E-state index is -0.210. The highest BCUT2D eigenvalue weighted by Crippen LogP contribution is 2.39. The molecule has 1 N–H and O–H groups in total. The van der Waals surface area contributed by atoms with Crippen LogP contribution in [0, 0.1) is 5.82 Å². The SMILES string of the molecule is Fc1cc(Br)c2c(c1)C(NC1CC1)CCO2. The van der Waals surface area contributed by atoms with Crippen molar-refractivity contribution < 1.29 is 9.13 Å². The van der Waals surface area contributed by atoms with Gasteiger partial charge in [-0.25, -0.2) is 4.39 Å². The van der Waals surface area contributed by atoms with Crippen LogP contribution in [-0.2, 0) is 0 Å². The third-order valence-corrected chi connectivity index (χ3v) is 3.67. The summed E-state index contributed by atoms with van der Waals surface area (Å²) in [5.74, 6) is 0.588. The predicted octanol–water partition coefficient (Wildman–Crippen LogP) is 3.16. The van der Waals surface area contributed by atoms with Gasteiger partial charge in [-0.2, -0.15) is 0 Å². The first-order valence-corrected chi connectivity index (χ1v) is 6.41. The molecule has 1 aromatic rings. The predicted molar refractivity (Wildman–Crippen MR) is 63.1 cm³/mol. The van der Waals surface area contributed by atoms with E-state index in [-0.39, 0.29) is 11.9 Å². The molecular weight excluding hydrogens is 273 g/mol. The Morgan fingerprint density at radius 3 is 2.88 bits per heavy atom. The fourth-order valence-electron chi connectivity index (χ4n) is 2.13. The number of fused-ring (bicyclic) bond motifs is 1. The number of halogens is 2. The molecule has 1 atom stereocenters. The molecule has 0 aromatic heterocycles. The summed E-state index contributed by atoms with van der Waals surface area (Å²) in [6.45, 7) is 0.696. The Morgan fingerprint density at radius 1 is 1.31 bits per heavy atom. The molecular formula is C12H13BrFNO. The van der Waals surface area contributed by atoms with Crippen molar-refractivity contribution in [1.82, 2.24) is 5.32 Å². The molecule has 1 aromatic carbocycles. The quantitative estimate of drug-likeness (QED) is 0.901. The third-order valence-electron chi connectivity index (χ3n) is 3.08. The second kappa shape index (κ2) is 4.00. The van der Waals surface area contributed by atoms with Crippen molar-refractivity contribution in [3.8, 4) is 5.75 Å². The maximum absolute atomic E-state index is 13.4. The van der Waals surface area contributed by atoms with Crippen LogP contribution in [0.4, 0.5) is 4.39 Å². The Hall–Kier alpha value is -0.610. The monoisotopic (exact) mass is 285 g/mol. The van der Waals surface area contributed by atoms with Crippen LogP contribution >= 0.6 is 15.9 Å². The van der Waals surface area contributed by atoms with Crippen LogP contribution in [0.1, 0.15) is 30.9 Å². The molecule has 0 saturated heterocycles. The van der Waals surface area contributed by atoms with Gasteiger partial charge in [-0.3, -0.25) is 0 Å². The lowest BCUT2D eigenvalue weighted by Crippen LogP contribution is -2.28. The summed E-state index contributed by atoms with van der Waals surface area (Å²) >= 11 is 3.35. The van der Waals surface area contributed by atoms with Gasteiger partial charge in [0.05, 0.1) is 11.1 Å². The molecule has 16 heavy (non-hydrogen) atoms. The van der Waals surface area contributed by atoms with Gasteiger partial charge < -0.3 is 10.1 Å². The van der Waals surface area contributed by atoms with E-state index in [9.17, 15) is 4.39 Å². The second-order valence-electron chi connectivity index (χ2n) is 4.44. The molecule has 1 heterocycles. The Kier molecular flexibility index (Phi) is 2.64. The first-order chi connectivity index (χ1) is 7.74. The van der Waals surface area contributed by atoms with Gasteiger partial charge in [-0.15, -0.1) is 0 Å². The first-order valence-electron chi connectivity index (χ1n) is 5.62. The van der Waals surface area contributed by atoms with E-state index >= 15 is 0 Å². The molecule has 0 radical (unpaired) electrons. The van der Waals surface area contributed by atoms with Crippen molar-refractivity contribution in [1.29, 1.82) is 0 Å². The standard InChI is InChI=1S/C12H13BrFNO/c13-10-6-7(14)5-9-11(15-8-1-2-8)3-4-16-12(9)10/h5-6,8,11,15H,1-4H2. The molecule has 0 spiro atoms. The van der Waals surface area contributed by atoms with Crippen LogP contribution in [0.5, 0.6) is 5.75 Å². The summed E-state index contributed by atoms with van der Waals surface area (Å²) in [7, 11) is 0. The normalized spacial score (nSPS) is 23.8. The fraction of sp³-hybridized carbons (Fsp3) is 0.500. The maximum atomic E-state index is 13.4. The van der Waals surface area contributed by atoms with Crippen LogP contribution in [0.25, 0.3) is 0 Å². The average Bonchev–Trinajstić information content (AvgIpc) is 3.03. The Balaban J connectivity index is 1.95. The summed E-state index contributed by atoms with van der Waals surface area (Å²) in [6, 6.07) is 3.90. The fourth-order valence-corrected chi connectivity index (χ4v) is 2.70. The Labute approximate surface area is 102 Å². The number of hydrogen-bond acceptors (Lipinski definition) is 2. The van der Waals surface area contributed by atoms with Gasteiger partial charge in [0, 0.05) is 24.1 Å². The molecule has 1 aliphatic carbocycles. The lowest BCUT2D eigenvalue weighted by atomic mass is 10.0. The lowest BCUT2D eigenvalue weighted by molar-refractivity contribution is 0.249. The molecule has 1 saturated carbocycles. The largest absolute Gasteiger partial charge is 0.492 e. The van der Waals surface area contributed by atoms with Crippen molar-refractivity contribution in [3.05, 3.63) is 28.0 Å². The van der Waals surface area contributed by atoms with Gasteiger partial charge in [-0.05, 0) is 40.9 Å². The van der Waals surface area contributed by atoms with Gasteiger partial charge in [0.2, 0.25) is 0 Å². The van der Waals surface area contributed by atoms with Gasteiger partial charge in [0.15, 0.2) is 0 Å². The van der Waals surface area contributed by atoms with Gasteiger partial charge >= 0.3 is 0 Å². The van der Waals surface area contributed by atoms with Crippen LogP contribution < -0.4 is 10.1 Å². The zero-order valence-electron chi connectivity index (χ0n) is 8.80. The number of benzene rings is 1. The zero-order valence-corrected chi connectivity index (χ0v) is 10.4. The molecule has 1 aliphatic heterocycles. The van der Waals surface area contributed by atoms with Crippen LogP contribution in [-0.4, -0.2) is 12.6 Å². The summed E-state index contributed by atoms with van der Waals surface area (Å²) in [5.41, 5.74) is 0.949. The third kappa shape index (κ3) is 1.96. The number of rotatable bonds is 2. The molecule has 1 unspecified atom stereocenters. The van der Waals surface area contributed by atoms with Crippen molar-refractivity contribution in [2.75, 3.05) is 6.61 Å². The topological polar surface area (TPSA) is 21.3 Å². The van der Waals surface area contributed by atoms with Crippen molar-refractivity contribution in [2.24, 2.45) is 0 Å². The Morgan fingerprint density at radius 2 is 2.12 bits per heavy atom. The lowest BCUT2D eigenvalue weighted by Gasteiger charge is -2.27. The Bertz CT molecular complexity index is 420. The van der Waals surface area contributed by atoms with E-state index in [1.54, 1.807) is 6.07 Å².